The second-order valence-corrected chi connectivity index (χ2v) is 8.53. The largest absolute Gasteiger partial charge is 0.492 e. The normalized spacial score (nSPS) is 12.1. The van der Waals surface area contributed by atoms with E-state index in [1.165, 1.54) is 40.0 Å². The standard InChI is InChI=1S/C30H27NO4/c1-34-29(30(32)33)19-21-11-14-24(15-12-21)35-18-17-31-27-10-6-5-9-25(27)26-20-23(13-16-28(26)31)22-7-3-2-4-8-22/h2-16,20,29H,17-19H2,1H3,(H,32,33). The van der Waals surface area contributed by atoms with Crippen molar-refractivity contribution in [2.24, 2.45) is 0 Å². The molecule has 1 atom stereocenters. The fourth-order valence-electron chi connectivity index (χ4n) is 4.57. The van der Waals surface area contributed by atoms with E-state index >= 15 is 0 Å². The van der Waals surface area contributed by atoms with Crippen LogP contribution in [0.4, 0.5) is 0 Å². The Morgan fingerprint density at radius 2 is 1.54 bits per heavy atom. The molecule has 1 aromatic heterocycles. The molecule has 0 saturated heterocycles. The van der Waals surface area contributed by atoms with Gasteiger partial charge in [0.05, 0.1) is 6.54 Å². The molecule has 0 saturated carbocycles. The van der Waals surface area contributed by atoms with Crippen LogP contribution in [0.1, 0.15) is 5.56 Å². The number of hydrogen-bond acceptors (Lipinski definition) is 3. The van der Waals surface area contributed by atoms with E-state index in [0.29, 0.717) is 19.6 Å². The third-order valence-corrected chi connectivity index (χ3v) is 6.37. The van der Waals surface area contributed by atoms with E-state index in [9.17, 15) is 4.79 Å². The number of benzene rings is 4. The van der Waals surface area contributed by atoms with Gasteiger partial charge in [-0.15, -0.1) is 0 Å². The van der Waals surface area contributed by atoms with Crippen LogP contribution in [-0.4, -0.2) is 35.5 Å². The van der Waals surface area contributed by atoms with Gasteiger partial charge >= 0.3 is 5.97 Å². The fraction of sp³-hybridized carbons (Fsp3) is 0.167. The lowest BCUT2D eigenvalue weighted by atomic mass is 10.0. The highest BCUT2D eigenvalue weighted by atomic mass is 16.5. The Morgan fingerprint density at radius 3 is 2.29 bits per heavy atom. The van der Waals surface area contributed by atoms with E-state index in [2.05, 4.69) is 71.3 Å². The second kappa shape index (κ2) is 10.0. The quantitative estimate of drug-likeness (QED) is 0.282. The summed E-state index contributed by atoms with van der Waals surface area (Å²) >= 11 is 0. The molecule has 5 heteroatoms. The summed E-state index contributed by atoms with van der Waals surface area (Å²) in [6.07, 6.45) is -0.530. The molecule has 176 valence electrons. The third-order valence-electron chi connectivity index (χ3n) is 6.37. The van der Waals surface area contributed by atoms with Gasteiger partial charge in [-0.2, -0.15) is 0 Å². The van der Waals surface area contributed by atoms with Crippen molar-refractivity contribution >= 4 is 27.8 Å². The minimum Gasteiger partial charge on any atom is -0.492 e. The maximum Gasteiger partial charge on any atom is 0.333 e. The summed E-state index contributed by atoms with van der Waals surface area (Å²) in [5.41, 5.74) is 5.67. The van der Waals surface area contributed by atoms with Gasteiger partial charge in [0.25, 0.3) is 0 Å². The molecule has 0 radical (unpaired) electrons. The fourth-order valence-corrected chi connectivity index (χ4v) is 4.57. The smallest absolute Gasteiger partial charge is 0.333 e. The predicted octanol–water partition coefficient (Wildman–Crippen LogP) is 6.18. The molecule has 0 amide bonds. The summed E-state index contributed by atoms with van der Waals surface area (Å²) in [6, 6.07) is 33.1. The first-order valence-corrected chi connectivity index (χ1v) is 11.7. The third kappa shape index (κ3) is 4.77. The summed E-state index contributed by atoms with van der Waals surface area (Å²) in [7, 11) is 1.41. The van der Waals surface area contributed by atoms with E-state index in [0.717, 1.165) is 11.3 Å². The molecular weight excluding hydrogens is 438 g/mol. The van der Waals surface area contributed by atoms with Crippen molar-refractivity contribution in [3.63, 3.8) is 0 Å². The number of fused-ring (bicyclic) bond motifs is 3. The van der Waals surface area contributed by atoms with Crippen molar-refractivity contribution in [1.82, 2.24) is 4.57 Å². The molecule has 0 aliphatic carbocycles. The number of carboxylic acid groups (broad SMARTS) is 1. The second-order valence-electron chi connectivity index (χ2n) is 8.53. The first kappa shape index (κ1) is 22.7. The van der Waals surface area contributed by atoms with Gasteiger partial charge in [0.1, 0.15) is 12.4 Å². The van der Waals surface area contributed by atoms with Gasteiger partial charge in [0.2, 0.25) is 0 Å². The molecule has 35 heavy (non-hydrogen) atoms. The van der Waals surface area contributed by atoms with Gasteiger partial charge in [-0.25, -0.2) is 4.79 Å². The van der Waals surface area contributed by atoms with Crippen LogP contribution in [0, 0.1) is 0 Å². The summed E-state index contributed by atoms with van der Waals surface area (Å²) in [5, 5.41) is 11.6. The van der Waals surface area contributed by atoms with Crippen molar-refractivity contribution in [3.05, 3.63) is 103 Å². The number of nitrogens with zero attached hydrogens (tertiary/aromatic N) is 1. The van der Waals surface area contributed by atoms with Crippen LogP contribution in [0.3, 0.4) is 0 Å². The van der Waals surface area contributed by atoms with Crippen LogP contribution in [0.15, 0.2) is 97.1 Å². The number of ether oxygens (including phenoxy) is 2. The number of para-hydroxylation sites is 1. The Bertz CT molecular complexity index is 1460. The van der Waals surface area contributed by atoms with E-state index < -0.39 is 12.1 Å². The van der Waals surface area contributed by atoms with Gasteiger partial charge < -0.3 is 19.1 Å². The predicted molar refractivity (Wildman–Crippen MR) is 139 cm³/mol. The number of aromatic nitrogens is 1. The molecular formula is C30H27NO4. The van der Waals surface area contributed by atoms with Crippen LogP contribution >= 0.6 is 0 Å². The summed E-state index contributed by atoms with van der Waals surface area (Å²) in [4.78, 5) is 11.2. The molecule has 1 N–H and O–H groups in total. The van der Waals surface area contributed by atoms with Crippen molar-refractivity contribution in [3.8, 4) is 16.9 Å². The van der Waals surface area contributed by atoms with Gasteiger partial charge in [0.15, 0.2) is 6.10 Å². The first-order valence-electron chi connectivity index (χ1n) is 11.7. The number of aliphatic carboxylic acids is 1. The minimum atomic E-state index is -0.963. The Labute approximate surface area is 204 Å². The van der Waals surface area contributed by atoms with Crippen molar-refractivity contribution in [2.75, 3.05) is 13.7 Å². The van der Waals surface area contributed by atoms with Gasteiger partial charge in [-0.1, -0.05) is 66.7 Å². The lowest BCUT2D eigenvalue weighted by Gasteiger charge is -2.12. The van der Waals surface area contributed by atoms with Crippen LogP contribution in [0.5, 0.6) is 5.75 Å². The number of methoxy groups -OCH3 is 1. The topological polar surface area (TPSA) is 60.7 Å². The van der Waals surface area contributed by atoms with Crippen LogP contribution < -0.4 is 4.74 Å². The highest BCUT2D eigenvalue weighted by Crippen LogP contribution is 2.32. The number of hydrogen-bond donors (Lipinski definition) is 1. The molecule has 5 rings (SSSR count). The van der Waals surface area contributed by atoms with Crippen molar-refractivity contribution in [2.45, 2.75) is 19.1 Å². The Morgan fingerprint density at radius 1 is 0.829 bits per heavy atom. The molecule has 1 heterocycles. The average Bonchev–Trinajstić information content (AvgIpc) is 3.21. The van der Waals surface area contributed by atoms with E-state index in [-0.39, 0.29) is 0 Å². The highest BCUT2D eigenvalue weighted by molar-refractivity contribution is 6.09. The maximum atomic E-state index is 11.2. The monoisotopic (exact) mass is 465 g/mol. The summed E-state index contributed by atoms with van der Waals surface area (Å²) in [6.45, 7) is 1.23. The molecule has 0 aliphatic heterocycles. The lowest BCUT2D eigenvalue weighted by Crippen LogP contribution is -2.24. The highest BCUT2D eigenvalue weighted by Gasteiger charge is 2.17. The van der Waals surface area contributed by atoms with E-state index in [4.69, 9.17) is 14.6 Å². The molecule has 4 aromatic carbocycles. The Hall–Kier alpha value is -4.09. The van der Waals surface area contributed by atoms with Crippen LogP contribution in [0.25, 0.3) is 32.9 Å². The van der Waals surface area contributed by atoms with Crippen molar-refractivity contribution < 1.29 is 19.4 Å². The molecule has 0 bridgehead atoms. The Balaban J connectivity index is 1.34. The maximum absolute atomic E-state index is 11.2. The SMILES string of the molecule is COC(Cc1ccc(OCCn2c3ccccc3c3cc(-c4ccccc4)ccc32)cc1)C(=O)O. The molecule has 5 nitrogen and oxygen atoms in total. The summed E-state index contributed by atoms with van der Waals surface area (Å²) < 4.78 is 13.4. The number of carboxylic acids is 1. The Kier molecular flexibility index (Phi) is 6.51. The zero-order valence-electron chi connectivity index (χ0n) is 19.6. The van der Waals surface area contributed by atoms with Gasteiger partial charge in [-0.3, -0.25) is 0 Å². The average molecular weight is 466 g/mol. The van der Waals surface area contributed by atoms with E-state index in [1.807, 2.05) is 30.3 Å². The van der Waals surface area contributed by atoms with Gasteiger partial charge in [-0.05, 0) is 47.0 Å². The lowest BCUT2D eigenvalue weighted by molar-refractivity contribution is -0.148. The van der Waals surface area contributed by atoms with E-state index in [1.54, 1.807) is 0 Å². The van der Waals surface area contributed by atoms with Crippen molar-refractivity contribution in [1.29, 1.82) is 0 Å². The molecule has 1 unspecified atom stereocenters. The summed E-state index contributed by atoms with van der Waals surface area (Å²) in [5.74, 6) is -0.208. The van der Waals surface area contributed by atoms with Crippen LogP contribution in [-0.2, 0) is 22.5 Å². The molecule has 5 aromatic rings. The molecule has 0 spiro atoms. The van der Waals surface area contributed by atoms with Gasteiger partial charge in [0, 0.05) is 35.3 Å². The zero-order valence-corrected chi connectivity index (χ0v) is 19.6. The van der Waals surface area contributed by atoms with Crippen LogP contribution in [0.2, 0.25) is 0 Å². The zero-order chi connectivity index (χ0) is 24.2. The molecule has 0 fully saturated rings. The number of carbonyl (C=O) groups is 1. The molecule has 0 aliphatic rings. The minimum absolute atomic E-state index is 0.318. The first-order chi connectivity index (χ1) is 17.1. The number of rotatable bonds is 9.